The molecular formula is C88H169NO13. The number of nitrogens with one attached hydrogen (secondary N) is 1. The van der Waals surface area contributed by atoms with E-state index in [4.69, 9.17) is 18.9 Å². The number of allylic oxidation sites excluding steroid dienone is 3. The van der Waals surface area contributed by atoms with Crippen LogP contribution in [0.4, 0.5) is 0 Å². The van der Waals surface area contributed by atoms with E-state index >= 15 is 0 Å². The highest BCUT2D eigenvalue weighted by Crippen LogP contribution is 2.31. The summed E-state index contributed by atoms with van der Waals surface area (Å²) in [6.07, 6.45) is 78.9. The molecule has 9 N–H and O–H groups in total. The van der Waals surface area contributed by atoms with Crippen molar-refractivity contribution < 1.29 is 64.6 Å². The van der Waals surface area contributed by atoms with Gasteiger partial charge in [0.25, 0.3) is 0 Å². The fraction of sp³-hybridized carbons (Fsp3) is 0.943. The van der Waals surface area contributed by atoms with E-state index in [1.54, 1.807) is 6.08 Å². The monoisotopic (exact) mass is 1450 g/mol. The van der Waals surface area contributed by atoms with Gasteiger partial charge in [-0.05, 0) is 32.1 Å². The molecule has 2 rings (SSSR count). The third kappa shape index (κ3) is 54.1. The Bertz CT molecular complexity index is 1810. The first-order valence-electron chi connectivity index (χ1n) is 44.6. The predicted molar refractivity (Wildman–Crippen MR) is 425 cm³/mol. The standard InChI is InChI=1S/C88H169NO13/c1-3-5-7-9-11-13-15-17-19-21-23-25-27-29-31-33-34-35-36-37-38-39-40-41-42-43-44-46-48-50-52-54-56-58-60-62-64-66-68-70-72-80(93)89-76(75-99-87-85(98)83(96)86(79(74-91)101-87)102-88-84(97)82(95)81(94)78(73-90)100-88)77(92)71-69-67-65-63-61-59-57-55-53-51-49-47-45-32-30-28-26-24-22-20-18-16-14-12-10-8-6-4-2/h61,63,69,71,76-79,81-88,90-92,94-98H,3-60,62,64-68,70,72-75H2,1-2H3,(H,89,93)/b63-61+,71-69+. The highest BCUT2D eigenvalue weighted by Gasteiger charge is 2.51. The van der Waals surface area contributed by atoms with E-state index in [0.29, 0.717) is 12.8 Å². The molecular weight excluding hydrogens is 1280 g/mol. The third-order valence-electron chi connectivity index (χ3n) is 22.1. The number of aliphatic hydroxyl groups excluding tert-OH is 8. The van der Waals surface area contributed by atoms with Crippen molar-refractivity contribution in [2.24, 2.45) is 0 Å². The van der Waals surface area contributed by atoms with Gasteiger partial charge >= 0.3 is 0 Å². The predicted octanol–water partition coefficient (Wildman–Crippen LogP) is 21.4. The molecule has 12 unspecified atom stereocenters. The van der Waals surface area contributed by atoms with Crippen LogP contribution in [0.3, 0.4) is 0 Å². The first-order valence-corrected chi connectivity index (χ1v) is 44.6. The van der Waals surface area contributed by atoms with Gasteiger partial charge in [-0.3, -0.25) is 4.79 Å². The van der Waals surface area contributed by atoms with E-state index in [1.807, 2.05) is 6.08 Å². The Morgan fingerprint density at radius 1 is 0.343 bits per heavy atom. The van der Waals surface area contributed by atoms with Crippen LogP contribution in [-0.2, 0) is 23.7 Å². The van der Waals surface area contributed by atoms with Crippen molar-refractivity contribution in [2.45, 2.75) is 511 Å². The summed E-state index contributed by atoms with van der Waals surface area (Å²) in [7, 11) is 0. The number of hydrogen-bond acceptors (Lipinski definition) is 13. The van der Waals surface area contributed by atoms with Crippen molar-refractivity contribution in [3.05, 3.63) is 24.3 Å². The normalized spacial score (nSPS) is 21.7. The third-order valence-corrected chi connectivity index (χ3v) is 22.1. The zero-order valence-corrected chi connectivity index (χ0v) is 66.6. The Morgan fingerprint density at radius 3 is 0.961 bits per heavy atom. The molecule has 2 aliphatic rings. The zero-order valence-electron chi connectivity index (χ0n) is 66.6. The number of hydrogen-bond donors (Lipinski definition) is 9. The van der Waals surface area contributed by atoms with E-state index in [1.165, 1.54) is 372 Å². The minimum Gasteiger partial charge on any atom is -0.394 e. The van der Waals surface area contributed by atoms with Gasteiger partial charge in [-0.15, -0.1) is 0 Å². The van der Waals surface area contributed by atoms with Crippen LogP contribution in [0.2, 0.25) is 0 Å². The number of rotatable bonds is 77. The van der Waals surface area contributed by atoms with Crippen LogP contribution in [0.15, 0.2) is 24.3 Å². The molecule has 102 heavy (non-hydrogen) atoms. The molecule has 604 valence electrons. The van der Waals surface area contributed by atoms with Gasteiger partial charge in [0.05, 0.1) is 32.0 Å². The molecule has 14 nitrogen and oxygen atoms in total. The lowest BCUT2D eigenvalue weighted by molar-refractivity contribution is -0.359. The van der Waals surface area contributed by atoms with Crippen LogP contribution in [0, 0.1) is 0 Å². The molecule has 2 fully saturated rings. The summed E-state index contributed by atoms with van der Waals surface area (Å²) < 4.78 is 22.9. The quantitative estimate of drug-likeness (QED) is 0.0204. The van der Waals surface area contributed by atoms with Gasteiger partial charge in [-0.2, -0.15) is 0 Å². The van der Waals surface area contributed by atoms with Crippen LogP contribution in [0.5, 0.6) is 0 Å². The van der Waals surface area contributed by atoms with Crippen LogP contribution in [0.25, 0.3) is 0 Å². The Labute approximate surface area is 628 Å². The average molecular weight is 1450 g/mol. The topological polar surface area (TPSA) is 228 Å². The molecule has 2 aliphatic heterocycles. The molecule has 0 aromatic carbocycles. The van der Waals surface area contributed by atoms with Crippen molar-refractivity contribution >= 4 is 5.91 Å². The molecule has 12 atom stereocenters. The van der Waals surface area contributed by atoms with Crippen LogP contribution >= 0.6 is 0 Å². The van der Waals surface area contributed by atoms with Gasteiger partial charge in [-0.1, -0.05) is 423 Å². The largest absolute Gasteiger partial charge is 0.394 e. The summed E-state index contributed by atoms with van der Waals surface area (Å²) in [4.78, 5) is 13.4. The summed E-state index contributed by atoms with van der Waals surface area (Å²) in [5.41, 5.74) is 0. The molecule has 0 radical (unpaired) electrons. The summed E-state index contributed by atoms with van der Waals surface area (Å²) >= 11 is 0. The van der Waals surface area contributed by atoms with Crippen molar-refractivity contribution in [3.63, 3.8) is 0 Å². The summed E-state index contributed by atoms with van der Waals surface area (Å²) in [6.45, 7) is 2.87. The molecule has 0 saturated carbocycles. The minimum absolute atomic E-state index is 0.239. The maximum Gasteiger partial charge on any atom is 0.220 e. The molecule has 0 aliphatic carbocycles. The molecule has 0 aromatic heterocycles. The smallest absolute Gasteiger partial charge is 0.220 e. The molecule has 0 bridgehead atoms. The fourth-order valence-electron chi connectivity index (χ4n) is 15.1. The molecule has 2 heterocycles. The number of carbonyl (C=O) groups excluding carboxylic acids is 1. The van der Waals surface area contributed by atoms with Gasteiger partial charge < -0.3 is 65.1 Å². The van der Waals surface area contributed by atoms with Crippen LogP contribution in [-0.4, -0.2) is 140 Å². The van der Waals surface area contributed by atoms with Gasteiger partial charge in [-0.25, -0.2) is 0 Å². The Kier molecular flexibility index (Phi) is 68.5. The van der Waals surface area contributed by atoms with E-state index in [0.717, 1.165) is 32.1 Å². The van der Waals surface area contributed by atoms with Gasteiger partial charge in [0.15, 0.2) is 12.6 Å². The second-order valence-electron chi connectivity index (χ2n) is 31.7. The highest BCUT2D eigenvalue weighted by molar-refractivity contribution is 5.76. The highest BCUT2D eigenvalue weighted by atomic mass is 16.7. The second kappa shape index (κ2) is 72.3. The number of ether oxygens (including phenoxy) is 4. The number of carbonyl (C=O) groups is 1. The number of unbranched alkanes of at least 4 members (excludes halogenated alkanes) is 62. The Balaban J connectivity index is 1.56. The summed E-state index contributed by atoms with van der Waals surface area (Å²) in [5.74, 6) is -0.239. The summed E-state index contributed by atoms with van der Waals surface area (Å²) in [6, 6.07) is -0.931. The maximum absolute atomic E-state index is 13.4. The lowest BCUT2D eigenvalue weighted by Crippen LogP contribution is -2.65. The molecule has 14 heteroatoms. The molecule has 2 saturated heterocycles. The Morgan fingerprint density at radius 2 is 0.627 bits per heavy atom. The van der Waals surface area contributed by atoms with Crippen molar-refractivity contribution in [1.29, 1.82) is 0 Å². The van der Waals surface area contributed by atoms with Crippen LogP contribution < -0.4 is 5.32 Å². The van der Waals surface area contributed by atoms with E-state index < -0.39 is 86.8 Å². The Hall–Kier alpha value is -1.53. The van der Waals surface area contributed by atoms with Crippen LogP contribution in [0.1, 0.15) is 438 Å². The van der Waals surface area contributed by atoms with E-state index in [9.17, 15) is 45.6 Å². The van der Waals surface area contributed by atoms with Gasteiger partial charge in [0.1, 0.15) is 48.8 Å². The first-order chi connectivity index (χ1) is 50.1. The number of amides is 1. The first kappa shape index (κ1) is 96.5. The molecule has 0 aromatic rings. The summed E-state index contributed by atoms with van der Waals surface area (Å²) in [5, 5.41) is 87.8. The SMILES string of the molecule is CCCCCCCCCCCCCCCCCCCCCCCC/C=C/CC/C=C/C(O)C(COC1OC(CO)C(OC2OC(CO)C(O)C(O)C2O)C(O)C1O)NC(=O)CCCCCCCCCCCCCCCCCCCCCCCCCCCCCCCCCCCCCCCCCC. The van der Waals surface area contributed by atoms with Crippen molar-refractivity contribution in [3.8, 4) is 0 Å². The molecule has 0 spiro atoms. The zero-order chi connectivity index (χ0) is 73.7. The number of aliphatic hydroxyl groups is 8. The van der Waals surface area contributed by atoms with Gasteiger partial charge in [0, 0.05) is 6.42 Å². The average Bonchev–Trinajstić information content (AvgIpc) is 0.790. The molecule has 1 amide bonds. The van der Waals surface area contributed by atoms with Crippen molar-refractivity contribution in [2.75, 3.05) is 19.8 Å². The lowest BCUT2D eigenvalue weighted by atomic mass is 9.97. The van der Waals surface area contributed by atoms with Crippen molar-refractivity contribution in [1.82, 2.24) is 5.32 Å². The fourth-order valence-corrected chi connectivity index (χ4v) is 15.1. The van der Waals surface area contributed by atoms with E-state index in [2.05, 4.69) is 31.3 Å². The lowest BCUT2D eigenvalue weighted by Gasteiger charge is -2.46. The second-order valence-corrected chi connectivity index (χ2v) is 31.7. The minimum atomic E-state index is -1.79. The van der Waals surface area contributed by atoms with E-state index in [-0.39, 0.29) is 18.9 Å². The van der Waals surface area contributed by atoms with Gasteiger partial charge in [0.2, 0.25) is 5.91 Å². The maximum atomic E-state index is 13.4.